The number of hydrogen-bond acceptors (Lipinski definition) is 5. The highest BCUT2D eigenvalue weighted by atomic mass is 16.6. The van der Waals surface area contributed by atoms with Gasteiger partial charge in [0.1, 0.15) is 5.60 Å². The molecule has 1 aromatic rings. The number of piperidine rings is 1. The Morgan fingerprint density at radius 3 is 2.71 bits per heavy atom. The minimum Gasteiger partial charge on any atom is -0.465 e. The van der Waals surface area contributed by atoms with Crippen LogP contribution >= 0.6 is 0 Å². The first-order valence-electron chi connectivity index (χ1n) is 8.21. The van der Waals surface area contributed by atoms with Crippen LogP contribution in [0.25, 0.3) is 0 Å². The van der Waals surface area contributed by atoms with E-state index in [1.54, 1.807) is 6.07 Å². The first-order valence-corrected chi connectivity index (χ1v) is 8.21. The summed E-state index contributed by atoms with van der Waals surface area (Å²) in [6.07, 6.45) is 1.48. The van der Waals surface area contributed by atoms with Gasteiger partial charge < -0.3 is 19.7 Å². The van der Waals surface area contributed by atoms with Crippen LogP contribution < -0.4 is 10.2 Å². The molecule has 1 saturated heterocycles. The van der Waals surface area contributed by atoms with Crippen LogP contribution in [0.1, 0.15) is 44.0 Å². The molecule has 0 unspecified atom stereocenters. The predicted octanol–water partition coefficient (Wildman–Crippen LogP) is 2.97. The Balaban J connectivity index is 2.00. The van der Waals surface area contributed by atoms with Crippen molar-refractivity contribution < 1.29 is 19.1 Å². The number of nitrogens with one attached hydrogen (secondary N) is 1. The van der Waals surface area contributed by atoms with Gasteiger partial charge >= 0.3 is 12.1 Å². The van der Waals surface area contributed by atoms with E-state index in [9.17, 15) is 9.59 Å². The molecular weight excluding hydrogens is 308 g/mol. The van der Waals surface area contributed by atoms with Crippen molar-refractivity contribution in [2.75, 3.05) is 25.1 Å². The predicted molar refractivity (Wildman–Crippen MR) is 92.4 cm³/mol. The van der Waals surface area contributed by atoms with Gasteiger partial charge in [0.15, 0.2) is 0 Å². The zero-order chi connectivity index (χ0) is 17.7. The van der Waals surface area contributed by atoms with Crippen molar-refractivity contribution in [2.45, 2.75) is 45.3 Å². The molecule has 0 bridgehead atoms. The lowest BCUT2D eigenvalue weighted by molar-refractivity contribution is 0.0499. The van der Waals surface area contributed by atoms with Crippen molar-refractivity contribution in [1.29, 1.82) is 0 Å². The van der Waals surface area contributed by atoms with Gasteiger partial charge in [-0.05, 0) is 51.8 Å². The van der Waals surface area contributed by atoms with Crippen molar-refractivity contribution in [1.82, 2.24) is 5.32 Å². The summed E-state index contributed by atoms with van der Waals surface area (Å²) in [6.45, 7) is 7.11. The molecule has 1 aliphatic heterocycles. The third kappa shape index (κ3) is 5.15. The standard InChI is InChI=1S/C18H26N2O4/c1-18(2,3)24-17(22)19-14-8-6-10-20(12-14)15-9-5-7-13(11-15)16(21)23-4/h5,7,9,11,14H,6,8,10,12H2,1-4H3,(H,19,22)/t14-/m0/s1. The van der Waals surface area contributed by atoms with Crippen LogP contribution in [0, 0.1) is 0 Å². The molecule has 0 radical (unpaired) electrons. The van der Waals surface area contributed by atoms with Gasteiger partial charge in [-0.2, -0.15) is 0 Å². The second kappa shape index (κ2) is 7.55. The summed E-state index contributed by atoms with van der Waals surface area (Å²) in [6, 6.07) is 7.38. The average Bonchev–Trinajstić information content (AvgIpc) is 2.52. The molecule has 24 heavy (non-hydrogen) atoms. The second-order valence-corrected chi connectivity index (χ2v) is 6.97. The molecule has 1 aromatic carbocycles. The third-order valence-corrected chi connectivity index (χ3v) is 3.77. The number of anilines is 1. The monoisotopic (exact) mass is 334 g/mol. The fourth-order valence-corrected chi connectivity index (χ4v) is 2.75. The van der Waals surface area contributed by atoms with Crippen molar-refractivity contribution >= 4 is 17.7 Å². The molecule has 1 heterocycles. The zero-order valence-corrected chi connectivity index (χ0v) is 14.8. The number of carbonyl (C=O) groups excluding carboxylic acids is 2. The molecular formula is C18H26N2O4. The zero-order valence-electron chi connectivity index (χ0n) is 14.8. The lowest BCUT2D eigenvalue weighted by Gasteiger charge is -2.35. The van der Waals surface area contributed by atoms with Crippen molar-refractivity contribution in [3.63, 3.8) is 0 Å². The van der Waals surface area contributed by atoms with E-state index in [0.717, 1.165) is 25.1 Å². The molecule has 0 saturated carbocycles. The lowest BCUT2D eigenvalue weighted by atomic mass is 10.0. The van der Waals surface area contributed by atoms with E-state index >= 15 is 0 Å². The lowest BCUT2D eigenvalue weighted by Crippen LogP contribution is -2.49. The van der Waals surface area contributed by atoms with Gasteiger partial charge in [0, 0.05) is 24.8 Å². The molecule has 2 rings (SSSR count). The smallest absolute Gasteiger partial charge is 0.407 e. The van der Waals surface area contributed by atoms with Gasteiger partial charge in [0.25, 0.3) is 0 Å². The normalized spacial score (nSPS) is 18.0. The Bertz CT molecular complexity index is 595. The van der Waals surface area contributed by atoms with Gasteiger partial charge in [0.05, 0.1) is 12.7 Å². The fourth-order valence-electron chi connectivity index (χ4n) is 2.75. The molecule has 0 aliphatic carbocycles. The van der Waals surface area contributed by atoms with Crippen LogP contribution in [0.15, 0.2) is 24.3 Å². The maximum atomic E-state index is 11.9. The maximum Gasteiger partial charge on any atom is 0.407 e. The van der Waals surface area contributed by atoms with Crippen LogP contribution in [0.5, 0.6) is 0 Å². The van der Waals surface area contributed by atoms with E-state index in [2.05, 4.69) is 10.2 Å². The van der Waals surface area contributed by atoms with E-state index in [1.807, 2.05) is 39.0 Å². The number of methoxy groups -OCH3 is 1. The first kappa shape index (κ1) is 18.1. The van der Waals surface area contributed by atoms with Gasteiger partial charge in [-0.15, -0.1) is 0 Å². The Morgan fingerprint density at radius 2 is 2.04 bits per heavy atom. The van der Waals surface area contributed by atoms with Gasteiger partial charge in [-0.3, -0.25) is 0 Å². The highest BCUT2D eigenvalue weighted by Crippen LogP contribution is 2.22. The number of nitrogens with zero attached hydrogens (tertiary/aromatic N) is 1. The van der Waals surface area contributed by atoms with Gasteiger partial charge in [-0.25, -0.2) is 9.59 Å². The average molecular weight is 334 g/mol. The summed E-state index contributed by atoms with van der Waals surface area (Å²) in [5.41, 5.74) is 0.971. The van der Waals surface area contributed by atoms with E-state index in [0.29, 0.717) is 12.1 Å². The fraction of sp³-hybridized carbons (Fsp3) is 0.556. The topological polar surface area (TPSA) is 67.9 Å². The summed E-state index contributed by atoms with van der Waals surface area (Å²) < 4.78 is 10.1. The number of esters is 1. The molecule has 1 aliphatic rings. The molecule has 6 heteroatoms. The highest BCUT2D eigenvalue weighted by Gasteiger charge is 2.24. The van der Waals surface area contributed by atoms with Crippen LogP contribution in [0.4, 0.5) is 10.5 Å². The Hall–Kier alpha value is -2.24. The number of ether oxygens (including phenoxy) is 2. The Labute approximate surface area is 143 Å². The van der Waals surface area contributed by atoms with Crippen molar-refractivity contribution in [3.8, 4) is 0 Å². The highest BCUT2D eigenvalue weighted by molar-refractivity contribution is 5.90. The summed E-state index contributed by atoms with van der Waals surface area (Å²) >= 11 is 0. The molecule has 1 N–H and O–H groups in total. The number of hydrogen-bond donors (Lipinski definition) is 1. The van der Waals surface area contributed by atoms with E-state index in [4.69, 9.17) is 9.47 Å². The summed E-state index contributed by atoms with van der Waals surface area (Å²) in [7, 11) is 1.37. The molecule has 6 nitrogen and oxygen atoms in total. The number of amides is 1. The summed E-state index contributed by atoms with van der Waals surface area (Å²) in [5.74, 6) is -0.350. The Morgan fingerprint density at radius 1 is 1.29 bits per heavy atom. The summed E-state index contributed by atoms with van der Waals surface area (Å²) in [4.78, 5) is 25.8. The molecule has 132 valence electrons. The maximum absolute atomic E-state index is 11.9. The molecule has 0 aromatic heterocycles. The Kier molecular flexibility index (Phi) is 5.70. The number of carbonyl (C=O) groups is 2. The molecule has 0 spiro atoms. The van der Waals surface area contributed by atoms with Crippen LogP contribution in [0.2, 0.25) is 0 Å². The molecule has 1 atom stereocenters. The number of benzene rings is 1. The van der Waals surface area contributed by atoms with E-state index in [-0.39, 0.29) is 12.0 Å². The van der Waals surface area contributed by atoms with Crippen LogP contribution in [-0.2, 0) is 9.47 Å². The largest absolute Gasteiger partial charge is 0.465 e. The molecule has 1 amide bonds. The summed E-state index contributed by atoms with van der Waals surface area (Å²) in [5, 5.41) is 2.93. The van der Waals surface area contributed by atoms with Crippen LogP contribution in [0.3, 0.4) is 0 Å². The first-order chi connectivity index (χ1) is 11.3. The van der Waals surface area contributed by atoms with E-state index < -0.39 is 11.7 Å². The number of rotatable bonds is 3. The van der Waals surface area contributed by atoms with Gasteiger partial charge in [-0.1, -0.05) is 6.07 Å². The SMILES string of the molecule is COC(=O)c1cccc(N2CCC[C@H](NC(=O)OC(C)(C)C)C2)c1. The van der Waals surface area contributed by atoms with Gasteiger partial charge in [0.2, 0.25) is 0 Å². The number of alkyl carbamates (subject to hydrolysis) is 1. The quantitative estimate of drug-likeness (QED) is 0.861. The minimum atomic E-state index is -0.507. The van der Waals surface area contributed by atoms with Crippen molar-refractivity contribution in [2.24, 2.45) is 0 Å². The van der Waals surface area contributed by atoms with Crippen molar-refractivity contribution in [3.05, 3.63) is 29.8 Å². The molecule has 1 fully saturated rings. The second-order valence-electron chi connectivity index (χ2n) is 6.97. The van der Waals surface area contributed by atoms with E-state index in [1.165, 1.54) is 7.11 Å². The third-order valence-electron chi connectivity index (χ3n) is 3.77. The minimum absolute atomic E-state index is 0.0235. The van der Waals surface area contributed by atoms with Crippen LogP contribution in [-0.4, -0.2) is 43.9 Å².